The molecule has 0 N–H and O–H groups in total. The summed E-state index contributed by atoms with van der Waals surface area (Å²) in [6.45, 7) is 2.45. The number of aromatic nitrogens is 4. The number of aryl methyl sites for hydroxylation is 1. The van der Waals surface area contributed by atoms with Crippen molar-refractivity contribution in [2.75, 3.05) is 12.0 Å². The molecule has 0 bridgehead atoms. The molecule has 2 heterocycles. The van der Waals surface area contributed by atoms with Gasteiger partial charge in [-0.15, -0.1) is 5.10 Å². The Kier molecular flexibility index (Phi) is 4.92. The summed E-state index contributed by atoms with van der Waals surface area (Å²) in [4.78, 5) is 38.9. The maximum atomic E-state index is 12.6. The fourth-order valence-corrected chi connectivity index (χ4v) is 2.56. The van der Waals surface area contributed by atoms with E-state index >= 15 is 0 Å². The van der Waals surface area contributed by atoms with Gasteiger partial charge in [-0.3, -0.25) is 9.59 Å². The van der Waals surface area contributed by atoms with E-state index in [9.17, 15) is 14.4 Å². The molecule has 1 aromatic carbocycles. The van der Waals surface area contributed by atoms with Crippen molar-refractivity contribution in [2.45, 2.75) is 32.9 Å². The van der Waals surface area contributed by atoms with Crippen LogP contribution in [0.2, 0.25) is 0 Å². The third kappa shape index (κ3) is 3.13. The summed E-state index contributed by atoms with van der Waals surface area (Å²) >= 11 is 0. The molecule has 26 heavy (non-hydrogen) atoms. The summed E-state index contributed by atoms with van der Waals surface area (Å²) in [5.41, 5.74) is 0.294. The average molecular weight is 358 g/mol. The van der Waals surface area contributed by atoms with Gasteiger partial charge in [-0.25, -0.2) is 19.3 Å². The van der Waals surface area contributed by atoms with Crippen LogP contribution in [0.15, 0.2) is 24.3 Å². The van der Waals surface area contributed by atoms with Crippen molar-refractivity contribution in [3.05, 3.63) is 30.1 Å². The number of hydrogen-bond donors (Lipinski definition) is 0. The molecule has 2 aromatic rings. The number of rotatable bonds is 7. The van der Waals surface area contributed by atoms with E-state index in [2.05, 4.69) is 15.5 Å². The molecule has 10 heteroatoms. The highest BCUT2D eigenvalue weighted by molar-refractivity contribution is 6.52. The highest BCUT2D eigenvalue weighted by Crippen LogP contribution is 2.25. The molecule has 4 amide bonds. The normalized spacial score (nSPS) is 14.5. The Morgan fingerprint density at radius 3 is 2.46 bits per heavy atom. The van der Waals surface area contributed by atoms with Crippen LogP contribution in [0.25, 0.3) is 0 Å². The number of anilines is 1. The van der Waals surface area contributed by atoms with Crippen LogP contribution in [-0.4, -0.2) is 50.1 Å². The van der Waals surface area contributed by atoms with Gasteiger partial charge in [0.2, 0.25) is 0 Å². The van der Waals surface area contributed by atoms with E-state index in [1.54, 1.807) is 12.1 Å². The molecule has 1 saturated heterocycles. The molecule has 0 saturated carbocycles. The van der Waals surface area contributed by atoms with Crippen LogP contribution in [0.3, 0.4) is 0 Å². The third-order valence-corrected chi connectivity index (χ3v) is 4.01. The molecule has 1 aromatic heterocycles. The number of carbonyl (C=O) groups is 3. The number of imide groups is 2. The number of methoxy groups -OCH3 is 1. The quantitative estimate of drug-likeness (QED) is 0.536. The fourth-order valence-electron chi connectivity index (χ4n) is 2.56. The first-order valence-corrected chi connectivity index (χ1v) is 8.15. The molecular formula is C16H18N6O4. The van der Waals surface area contributed by atoms with Crippen molar-refractivity contribution in [1.82, 2.24) is 25.1 Å². The molecule has 0 radical (unpaired) electrons. The summed E-state index contributed by atoms with van der Waals surface area (Å²) in [6.07, 6.45) is 1.81. The zero-order valence-corrected chi connectivity index (χ0v) is 14.5. The number of amides is 4. The SMILES string of the molecule is CCCCn1nnnc1CN1C(=O)C(=O)N(c2ccc(OC)cc2)C1=O. The first kappa shape index (κ1) is 17.5. The van der Waals surface area contributed by atoms with Gasteiger partial charge >= 0.3 is 17.8 Å². The summed E-state index contributed by atoms with van der Waals surface area (Å²) in [5.74, 6) is -0.890. The van der Waals surface area contributed by atoms with Crippen LogP contribution >= 0.6 is 0 Å². The standard InChI is InChI=1S/C16H18N6O4/c1-3-4-9-21-13(17-18-19-21)10-20-14(23)15(24)22(16(20)25)11-5-7-12(26-2)8-6-11/h5-8H,3-4,9-10H2,1-2H3. The highest BCUT2D eigenvalue weighted by atomic mass is 16.5. The molecule has 1 fully saturated rings. The Bertz CT molecular complexity index is 832. The first-order chi connectivity index (χ1) is 12.6. The number of benzene rings is 1. The second-order valence-electron chi connectivity index (χ2n) is 5.68. The first-order valence-electron chi connectivity index (χ1n) is 8.15. The predicted octanol–water partition coefficient (Wildman–Crippen LogP) is 0.977. The summed E-state index contributed by atoms with van der Waals surface area (Å²) in [6, 6.07) is 5.56. The zero-order valence-electron chi connectivity index (χ0n) is 14.5. The molecule has 136 valence electrons. The Morgan fingerprint density at radius 2 is 1.81 bits per heavy atom. The number of unbranched alkanes of at least 4 members (excludes halogenated alkanes) is 1. The van der Waals surface area contributed by atoms with Gasteiger partial charge in [0.05, 0.1) is 19.3 Å². The number of tetrazole rings is 1. The lowest BCUT2D eigenvalue weighted by Crippen LogP contribution is -2.33. The van der Waals surface area contributed by atoms with Gasteiger partial charge in [-0.05, 0) is 41.1 Å². The molecule has 10 nitrogen and oxygen atoms in total. The van der Waals surface area contributed by atoms with Gasteiger partial charge in [-0.1, -0.05) is 13.3 Å². The predicted molar refractivity (Wildman–Crippen MR) is 89.2 cm³/mol. The van der Waals surface area contributed by atoms with Gasteiger partial charge in [0.1, 0.15) is 5.75 Å². The van der Waals surface area contributed by atoms with Crippen molar-refractivity contribution in [1.29, 1.82) is 0 Å². The van der Waals surface area contributed by atoms with E-state index in [1.807, 2.05) is 6.92 Å². The largest absolute Gasteiger partial charge is 0.497 e. The lowest BCUT2D eigenvalue weighted by Gasteiger charge is -2.15. The minimum Gasteiger partial charge on any atom is -0.497 e. The third-order valence-electron chi connectivity index (χ3n) is 4.01. The molecule has 0 unspecified atom stereocenters. The van der Waals surface area contributed by atoms with E-state index in [1.165, 1.54) is 23.9 Å². The Labute approximate surface area is 149 Å². The van der Waals surface area contributed by atoms with Crippen LogP contribution in [-0.2, 0) is 22.7 Å². The van der Waals surface area contributed by atoms with Gasteiger partial charge in [0.15, 0.2) is 5.82 Å². The van der Waals surface area contributed by atoms with Crippen molar-refractivity contribution in [3.63, 3.8) is 0 Å². The minimum atomic E-state index is -0.909. The zero-order chi connectivity index (χ0) is 18.7. The van der Waals surface area contributed by atoms with E-state index in [0.29, 0.717) is 23.8 Å². The van der Waals surface area contributed by atoms with Gasteiger partial charge in [-0.2, -0.15) is 0 Å². The molecule has 0 atom stereocenters. The van der Waals surface area contributed by atoms with Crippen molar-refractivity contribution in [3.8, 4) is 5.75 Å². The molecule has 0 spiro atoms. The van der Waals surface area contributed by atoms with Gasteiger partial charge < -0.3 is 4.74 Å². The number of urea groups is 1. The maximum Gasteiger partial charge on any atom is 0.339 e. The Morgan fingerprint density at radius 1 is 1.08 bits per heavy atom. The summed E-state index contributed by atoms with van der Waals surface area (Å²) in [7, 11) is 1.51. The van der Waals surface area contributed by atoms with Crippen LogP contribution in [0.4, 0.5) is 10.5 Å². The molecule has 0 aliphatic carbocycles. The van der Waals surface area contributed by atoms with E-state index in [4.69, 9.17) is 4.74 Å². The van der Waals surface area contributed by atoms with Gasteiger partial charge in [0.25, 0.3) is 0 Å². The lowest BCUT2D eigenvalue weighted by molar-refractivity contribution is -0.139. The van der Waals surface area contributed by atoms with Crippen molar-refractivity contribution >= 4 is 23.5 Å². The van der Waals surface area contributed by atoms with Crippen molar-refractivity contribution in [2.24, 2.45) is 0 Å². The number of carbonyl (C=O) groups excluding carboxylic acids is 3. The lowest BCUT2D eigenvalue weighted by atomic mass is 10.3. The molecular weight excluding hydrogens is 340 g/mol. The topological polar surface area (TPSA) is 111 Å². The van der Waals surface area contributed by atoms with Crippen LogP contribution < -0.4 is 9.64 Å². The Balaban J connectivity index is 1.81. The summed E-state index contributed by atoms with van der Waals surface area (Å²) in [5, 5.41) is 11.3. The van der Waals surface area contributed by atoms with Crippen LogP contribution in [0.1, 0.15) is 25.6 Å². The highest BCUT2D eigenvalue weighted by Gasteiger charge is 2.45. The molecule has 1 aliphatic rings. The average Bonchev–Trinajstić information content (AvgIpc) is 3.18. The van der Waals surface area contributed by atoms with E-state index < -0.39 is 17.8 Å². The minimum absolute atomic E-state index is 0.160. The van der Waals surface area contributed by atoms with E-state index in [0.717, 1.165) is 22.6 Å². The van der Waals surface area contributed by atoms with Crippen LogP contribution in [0.5, 0.6) is 5.75 Å². The second-order valence-corrected chi connectivity index (χ2v) is 5.68. The second kappa shape index (κ2) is 7.30. The molecule has 3 rings (SSSR count). The van der Waals surface area contributed by atoms with Crippen LogP contribution in [0, 0.1) is 0 Å². The molecule has 1 aliphatic heterocycles. The smallest absolute Gasteiger partial charge is 0.339 e. The summed E-state index contributed by atoms with van der Waals surface area (Å²) < 4.78 is 6.58. The Hall–Kier alpha value is -3.30. The maximum absolute atomic E-state index is 12.6. The number of nitrogens with zero attached hydrogens (tertiary/aromatic N) is 6. The fraction of sp³-hybridized carbons (Fsp3) is 0.375. The number of ether oxygens (including phenoxy) is 1. The van der Waals surface area contributed by atoms with Crippen molar-refractivity contribution < 1.29 is 19.1 Å². The number of hydrogen-bond acceptors (Lipinski definition) is 7. The monoisotopic (exact) mass is 358 g/mol. The van der Waals surface area contributed by atoms with Gasteiger partial charge in [0, 0.05) is 6.54 Å². The van der Waals surface area contributed by atoms with E-state index in [-0.39, 0.29) is 6.54 Å².